The number of urea groups is 1. The van der Waals surface area contributed by atoms with Crippen LogP contribution >= 0.6 is 0 Å². The Hall–Kier alpha value is -3.17. The average Bonchev–Trinajstić information content (AvgIpc) is 3.35. The number of amides is 2. The van der Waals surface area contributed by atoms with Crippen LogP contribution in [0, 0.1) is 0 Å². The van der Waals surface area contributed by atoms with Crippen molar-refractivity contribution < 1.29 is 13.2 Å². The molecule has 168 valence electrons. The zero-order valence-electron chi connectivity index (χ0n) is 17.8. The number of aromatic nitrogens is 2. The summed E-state index contributed by atoms with van der Waals surface area (Å²) in [5, 5.41) is 7.15. The molecule has 1 N–H and O–H groups in total. The number of sulfonamides is 1. The Morgan fingerprint density at radius 1 is 0.906 bits per heavy atom. The molecule has 1 aliphatic heterocycles. The molecule has 2 aromatic carbocycles. The molecule has 0 spiro atoms. The van der Waals surface area contributed by atoms with Gasteiger partial charge in [-0.15, -0.1) is 0 Å². The van der Waals surface area contributed by atoms with Crippen molar-refractivity contribution in [2.45, 2.75) is 12.2 Å². The lowest BCUT2D eigenvalue weighted by molar-refractivity contribution is 0.172. The molecule has 1 saturated heterocycles. The predicted octanol–water partition coefficient (Wildman–Crippen LogP) is 2.27. The molecule has 3 aromatic rings. The van der Waals surface area contributed by atoms with Crippen LogP contribution in [0.5, 0.6) is 0 Å². The minimum Gasteiger partial charge on any atom is -0.338 e. The van der Waals surface area contributed by atoms with Crippen LogP contribution in [-0.4, -0.2) is 66.2 Å². The van der Waals surface area contributed by atoms with Crippen molar-refractivity contribution in [2.75, 3.05) is 32.7 Å². The molecule has 0 unspecified atom stereocenters. The lowest BCUT2D eigenvalue weighted by atomic mass is 10.1. The predicted molar refractivity (Wildman–Crippen MR) is 123 cm³/mol. The van der Waals surface area contributed by atoms with Crippen molar-refractivity contribution in [1.82, 2.24) is 24.3 Å². The van der Waals surface area contributed by atoms with Crippen LogP contribution in [0.2, 0.25) is 0 Å². The van der Waals surface area contributed by atoms with E-state index in [1.807, 2.05) is 66.9 Å². The van der Waals surface area contributed by atoms with Crippen LogP contribution in [0.4, 0.5) is 4.79 Å². The SMILES string of the molecule is O=C(NCCc1ccc(-n2cccn2)cc1)N1CCN(S(=O)(=O)Cc2ccccc2)CC1. The normalized spacial score (nSPS) is 14.9. The van der Waals surface area contributed by atoms with Gasteiger partial charge < -0.3 is 10.2 Å². The summed E-state index contributed by atoms with van der Waals surface area (Å²) in [7, 11) is -3.39. The Labute approximate surface area is 188 Å². The van der Waals surface area contributed by atoms with E-state index in [9.17, 15) is 13.2 Å². The van der Waals surface area contributed by atoms with Gasteiger partial charge in [0.2, 0.25) is 10.0 Å². The van der Waals surface area contributed by atoms with E-state index in [1.165, 1.54) is 4.31 Å². The molecule has 4 rings (SSSR count). The lowest BCUT2D eigenvalue weighted by Crippen LogP contribution is -2.53. The van der Waals surface area contributed by atoms with Crippen LogP contribution in [-0.2, 0) is 22.2 Å². The monoisotopic (exact) mass is 453 g/mol. The Balaban J connectivity index is 1.21. The van der Waals surface area contributed by atoms with Crippen molar-refractivity contribution in [1.29, 1.82) is 0 Å². The Bertz CT molecular complexity index is 1110. The fourth-order valence-electron chi connectivity index (χ4n) is 3.71. The zero-order valence-corrected chi connectivity index (χ0v) is 18.6. The molecule has 32 heavy (non-hydrogen) atoms. The lowest BCUT2D eigenvalue weighted by Gasteiger charge is -2.34. The van der Waals surface area contributed by atoms with Gasteiger partial charge in [0.15, 0.2) is 0 Å². The van der Waals surface area contributed by atoms with Crippen molar-refractivity contribution in [3.05, 3.63) is 84.2 Å². The molecule has 1 aliphatic rings. The van der Waals surface area contributed by atoms with Gasteiger partial charge in [-0.25, -0.2) is 17.9 Å². The van der Waals surface area contributed by atoms with Crippen LogP contribution in [0.3, 0.4) is 0 Å². The van der Waals surface area contributed by atoms with Crippen LogP contribution in [0.25, 0.3) is 5.69 Å². The third kappa shape index (κ3) is 5.54. The highest BCUT2D eigenvalue weighted by Crippen LogP contribution is 2.14. The van der Waals surface area contributed by atoms with E-state index in [4.69, 9.17) is 0 Å². The molecule has 0 saturated carbocycles. The van der Waals surface area contributed by atoms with Gasteiger partial charge in [0, 0.05) is 45.1 Å². The number of nitrogens with zero attached hydrogens (tertiary/aromatic N) is 4. The molecule has 0 aliphatic carbocycles. The Morgan fingerprint density at radius 3 is 2.28 bits per heavy atom. The number of piperazine rings is 1. The van der Waals surface area contributed by atoms with E-state index >= 15 is 0 Å². The van der Waals surface area contributed by atoms with Crippen molar-refractivity contribution in [2.24, 2.45) is 0 Å². The summed E-state index contributed by atoms with van der Waals surface area (Å²) < 4.78 is 28.6. The molecule has 9 heteroatoms. The molecule has 2 amide bonds. The van der Waals surface area contributed by atoms with E-state index in [1.54, 1.807) is 15.8 Å². The Kier molecular flexibility index (Phi) is 6.87. The van der Waals surface area contributed by atoms with Crippen molar-refractivity contribution in [3.8, 4) is 5.69 Å². The van der Waals surface area contributed by atoms with Gasteiger partial charge in [-0.3, -0.25) is 0 Å². The third-order valence-corrected chi connectivity index (χ3v) is 7.36. The topological polar surface area (TPSA) is 87.5 Å². The summed E-state index contributed by atoms with van der Waals surface area (Å²) in [4.78, 5) is 14.2. The smallest absolute Gasteiger partial charge is 0.317 e. The van der Waals surface area contributed by atoms with E-state index < -0.39 is 10.0 Å². The molecule has 0 atom stereocenters. The summed E-state index contributed by atoms with van der Waals surface area (Å²) in [6, 6.07) is 18.9. The summed E-state index contributed by atoms with van der Waals surface area (Å²) in [6.07, 6.45) is 4.35. The molecule has 1 aromatic heterocycles. The highest BCUT2D eigenvalue weighted by molar-refractivity contribution is 7.88. The molecular weight excluding hydrogens is 426 g/mol. The minimum atomic E-state index is -3.39. The van der Waals surface area contributed by atoms with Gasteiger partial charge in [-0.05, 0) is 35.7 Å². The first-order chi connectivity index (χ1) is 15.5. The quantitative estimate of drug-likeness (QED) is 0.595. The molecule has 0 radical (unpaired) electrons. The maximum Gasteiger partial charge on any atom is 0.317 e. The molecule has 8 nitrogen and oxygen atoms in total. The van der Waals surface area contributed by atoms with Crippen LogP contribution < -0.4 is 5.32 Å². The van der Waals surface area contributed by atoms with E-state index in [2.05, 4.69) is 10.4 Å². The fraction of sp³-hybridized carbons (Fsp3) is 0.304. The van der Waals surface area contributed by atoms with Crippen molar-refractivity contribution >= 4 is 16.1 Å². The van der Waals surface area contributed by atoms with Crippen molar-refractivity contribution in [3.63, 3.8) is 0 Å². The zero-order chi connectivity index (χ0) is 22.4. The highest BCUT2D eigenvalue weighted by atomic mass is 32.2. The van der Waals surface area contributed by atoms with Gasteiger partial charge in [0.1, 0.15) is 0 Å². The molecular formula is C23H27N5O3S. The second kappa shape index (κ2) is 9.97. The number of hydrogen-bond acceptors (Lipinski definition) is 4. The molecule has 2 heterocycles. The summed E-state index contributed by atoms with van der Waals surface area (Å²) in [5.41, 5.74) is 2.88. The van der Waals surface area contributed by atoms with Gasteiger partial charge in [0.05, 0.1) is 11.4 Å². The number of rotatable bonds is 7. The summed E-state index contributed by atoms with van der Waals surface area (Å²) in [6.45, 7) is 1.93. The number of nitrogens with one attached hydrogen (secondary N) is 1. The maximum atomic E-state index is 12.7. The number of carbonyl (C=O) groups is 1. The third-order valence-electron chi connectivity index (χ3n) is 5.51. The first-order valence-corrected chi connectivity index (χ1v) is 12.3. The van der Waals surface area contributed by atoms with E-state index in [-0.39, 0.29) is 11.8 Å². The molecule has 0 bridgehead atoms. The highest BCUT2D eigenvalue weighted by Gasteiger charge is 2.28. The van der Waals surface area contributed by atoms with Gasteiger partial charge in [-0.2, -0.15) is 9.40 Å². The van der Waals surface area contributed by atoms with Gasteiger partial charge >= 0.3 is 6.03 Å². The number of benzene rings is 2. The number of hydrogen-bond donors (Lipinski definition) is 1. The number of carbonyl (C=O) groups excluding carboxylic acids is 1. The minimum absolute atomic E-state index is 0.0147. The standard InChI is InChI=1S/C23H27N5O3S/c29-23(24-13-11-20-7-9-22(10-8-20)28-14-4-12-25-28)26-15-17-27(18-16-26)32(30,31)19-21-5-2-1-3-6-21/h1-10,12,14H,11,13,15-19H2,(H,24,29). The van der Waals surface area contributed by atoms with Crippen LogP contribution in [0.15, 0.2) is 73.1 Å². The second-order valence-electron chi connectivity index (χ2n) is 7.73. The summed E-state index contributed by atoms with van der Waals surface area (Å²) in [5.74, 6) is -0.0147. The van der Waals surface area contributed by atoms with E-state index in [0.29, 0.717) is 32.7 Å². The average molecular weight is 454 g/mol. The molecule has 1 fully saturated rings. The van der Waals surface area contributed by atoms with Gasteiger partial charge in [0.25, 0.3) is 0 Å². The summed E-state index contributed by atoms with van der Waals surface area (Å²) >= 11 is 0. The fourth-order valence-corrected chi connectivity index (χ4v) is 5.22. The maximum absolute atomic E-state index is 12.7. The Morgan fingerprint density at radius 2 is 1.62 bits per heavy atom. The first-order valence-electron chi connectivity index (χ1n) is 10.6. The van der Waals surface area contributed by atoms with Crippen LogP contribution in [0.1, 0.15) is 11.1 Å². The van der Waals surface area contributed by atoms with Gasteiger partial charge in [-0.1, -0.05) is 42.5 Å². The first kappa shape index (κ1) is 22.0. The second-order valence-corrected chi connectivity index (χ2v) is 9.70. The van der Waals surface area contributed by atoms with E-state index in [0.717, 1.165) is 23.2 Å². The largest absolute Gasteiger partial charge is 0.338 e.